The number of carbonyl (C=O) groups is 2. The van der Waals surface area contributed by atoms with Crippen molar-refractivity contribution < 1.29 is 19.4 Å². The number of hydrogen-bond acceptors (Lipinski definition) is 4. The Bertz CT molecular complexity index is 1040. The van der Waals surface area contributed by atoms with E-state index in [1.807, 2.05) is 24.3 Å². The third kappa shape index (κ3) is 3.83. The van der Waals surface area contributed by atoms with E-state index in [0.717, 1.165) is 43.2 Å². The lowest BCUT2D eigenvalue weighted by atomic mass is 9.93. The standard InChI is InChI=1S/C25H26ClNO4/c1-3-15-8-10-16(11-9-15)22-21(23(28)19-14-18(31-2)12-13-20(19)26)24(29)25(30)27(22)17-6-4-5-7-17/h8-14,17,22,28H,3-7H2,1-2H3/b23-21+. The van der Waals surface area contributed by atoms with Gasteiger partial charge < -0.3 is 14.7 Å². The summed E-state index contributed by atoms with van der Waals surface area (Å²) in [6.07, 6.45) is 4.66. The second-order valence-electron chi connectivity index (χ2n) is 8.09. The molecular formula is C25H26ClNO4. The second kappa shape index (κ2) is 8.75. The number of ketones is 1. The Morgan fingerprint density at radius 2 is 1.81 bits per heavy atom. The summed E-state index contributed by atoms with van der Waals surface area (Å²) in [5.74, 6) is -1.00. The first kappa shape index (κ1) is 21.4. The fourth-order valence-corrected chi connectivity index (χ4v) is 4.84. The number of rotatable bonds is 5. The minimum absolute atomic E-state index is 0.0154. The first-order chi connectivity index (χ1) is 15.0. The van der Waals surface area contributed by atoms with Crippen molar-refractivity contribution in [3.63, 3.8) is 0 Å². The number of amides is 1. The number of halogens is 1. The fraction of sp³-hybridized carbons (Fsp3) is 0.360. The van der Waals surface area contributed by atoms with Crippen molar-refractivity contribution in [3.05, 3.63) is 69.8 Å². The average Bonchev–Trinajstić information content (AvgIpc) is 3.40. The van der Waals surface area contributed by atoms with Crippen LogP contribution in [0.3, 0.4) is 0 Å². The lowest BCUT2D eigenvalue weighted by Gasteiger charge is -2.31. The van der Waals surface area contributed by atoms with Gasteiger partial charge in [-0.15, -0.1) is 0 Å². The minimum Gasteiger partial charge on any atom is -0.507 e. The molecule has 2 fully saturated rings. The highest BCUT2D eigenvalue weighted by Gasteiger charge is 2.49. The molecular weight excluding hydrogens is 414 g/mol. The van der Waals surface area contributed by atoms with E-state index >= 15 is 0 Å². The monoisotopic (exact) mass is 439 g/mol. The van der Waals surface area contributed by atoms with Crippen LogP contribution in [0.4, 0.5) is 0 Å². The van der Waals surface area contributed by atoms with Crippen LogP contribution in [0.5, 0.6) is 5.75 Å². The predicted octanol–water partition coefficient (Wildman–Crippen LogP) is 5.28. The molecule has 1 amide bonds. The number of nitrogens with zero attached hydrogens (tertiary/aromatic N) is 1. The molecule has 2 aromatic rings. The molecule has 2 aliphatic rings. The van der Waals surface area contributed by atoms with Crippen LogP contribution in [0.1, 0.15) is 55.3 Å². The quantitative estimate of drug-likeness (QED) is 0.391. The maximum atomic E-state index is 13.2. The maximum absolute atomic E-state index is 13.2. The van der Waals surface area contributed by atoms with Gasteiger partial charge in [0, 0.05) is 11.6 Å². The average molecular weight is 440 g/mol. The number of benzene rings is 2. The van der Waals surface area contributed by atoms with Crippen LogP contribution in [0, 0.1) is 0 Å². The van der Waals surface area contributed by atoms with E-state index in [9.17, 15) is 14.7 Å². The van der Waals surface area contributed by atoms with Crippen LogP contribution in [-0.4, -0.2) is 34.8 Å². The molecule has 1 aliphatic heterocycles. The van der Waals surface area contributed by atoms with Crippen molar-refractivity contribution in [1.29, 1.82) is 0 Å². The van der Waals surface area contributed by atoms with Gasteiger partial charge in [-0.2, -0.15) is 0 Å². The molecule has 0 radical (unpaired) electrons. The number of methoxy groups -OCH3 is 1. The normalized spacial score (nSPS) is 21.1. The zero-order chi connectivity index (χ0) is 22.1. The minimum atomic E-state index is -0.673. The van der Waals surface area contributed by atoms with Gasteiger partial charge >= 0.3 is 0 Å². The second-order valence-corrected chi connectivity index (χ2v) is 8.49. The van der Waals surface area contributed by atoms with E-state index in [1.54, 1.807) is 23.1 Å². The summed E-state index contributed by atoms with van der Waals surface area (Å²) in [6, 6.07) is 12.1. The maximum Gasteiger partial charge on any atom is 0.295 e. The summed E-state index contributed by atoms with van der Waals surface area (Å²) >= 11 is 6.35. The molecule has 4 rings (SSSR count). The highest BCUT2D eigenvalue weighted by Crippen LogP contribution is 2.44. The molecule has 2 aromatic carbocycles. The number of Topliss-reactive ketones (excluding diaryl/α,β-unsaturated/α-hetero) is 1. The highest BCUT2D eigenvalue weighted by molar-refractivity contribution is 6.47. The number of likely N-dealkylation sites (tertiary alicyclic amines) is 1. The first-order valence-electron chi connectivity index (χ1n) is 10.7. The highest BCUT2D eigenvalue weighted by atomic mass is 35.5. The molecule has 1 atom stereocenters. The molecule has 5 nitrogen and oxygen atoms in total. The topological polar surface area (TPSA) is 66.8 Å². The Hall–Kier alpha value is -2.79. The van der Waals surface area contributed by atoms with Gasteiger partial charge in [0.1, 0.15) is 11.5 Å². The van der Waals surface area contributed by atoms with Gasteiger partial charge in [0.2, 0.25) is 0 Å². The first-order valence-corrected chi connectivity index (χ1v) is 11.1. The Morgan fingerprint density at radius 3 is 2.42 bits per heavy atom. The largest absolute Gasteiger partial charge is 0.507 e. The Labute approximate surface area is 187 Å². The van der Waals surface area contributed by atoms with Gasteiger partial charge in [-0.1, -0.05) is 55.6 Å². The van der Waals surface area contributed by atoms with Gasteiger partial charge in [-0.25, -0.2) is 0 Å². The van der Waals surface area contributed by atoms with Crippen molar-refractivity contribution >= 4 is 29.1 Å². The van der Waals surface area contributed by atoms with Crippen LogP contribution < -0.4 is 4.74 Å². The van der Waals surface area contributed by atoms with Crippen molar-refractivity contribution in [2.24, 2.45) is 0 Å². The lowest BCUT2D eigenvalue weighted by Crippen LogP contribution is -2.37. The molecule has 1 heterocycles. The number of aliphatic hydroxyl groups is 1. The number of carbonyl (C=O) groups excluding carboxylic acids is 2. The van der Waals surface area contributed by atoms with E-state index in [4.69, 9.17) is 16.3 Å². The van der Waals surface area contributed by atoms with Crippen LogP contribution in [-0.2, 0) is 16.0 Å². The van der Waals surface area contributed by atoms with E-state index in [1.165, 1.54) is 7.11 Å². The van der Waals surface area contributed by atoms with Crippen LogP contribution >= 0.6 is 11.6 Å². The molecule has 1 unspecified atom stereocenters. The fourth-order valence-electron chi connectivity index (χ4n) is 4.63. The van der Waals surface area contributed by atoms with Crippen LogP contribution in [0.25, 0.3) is 5.76 Å². The van der Waals surface area contributed by atoms with Crippen LogP contribution in [0.2, 0.25) is 5.02 Å². The third-order valence-corrected chi connectivity index (χ3v) is 6.66. The number of hydrogen-bond donors (Lipinski definition) is 1. The molecule has 0 aromatic heterocycles. The molecule has 1 aliphatic carbocycles. The van der Waals surface area contributed by atoms with Crippen LogP contribution in [0.15, 0.2) is 48.0 Å². The summed E-state index contributed by atoms with van der Waals surface area (Å²) in [7, 11) is 1.52. The van der Waals surface area contributed by atoms with Gasteiger partial charge in [0.05, 0.1) is 23.7 Å². The number of ether oxygens (including phenoxy) is 1. The summed E-state index contributed by atoms with van der Waals surface area (Å²) < 4.78 is 5.26. The van der Waals surface area contributed by atoms with Crippen molar-refractivity contribution in [2.45, 2.75) is 51.1 Å². The molecule has 0 bridgehead atoms. The zero-order valence-electron chi connectivity index (χ0n) is 17.7. The van der Waals surface area contributed by atoms with Gasteiger partial charge in [0.15, 0.2) is 0 Å². The summed E-state index contributed by atoms with van der Waals surface area (Å²) in [4.78, 5) is 28.0. The Kier molecular flexibility index (Phi) is 6.05. The van der Waals surface area contributed by atoms with Gasteiger partial charge in [-0.3, -0.25) is 9.59 Å². The van der Waals surface area contributed by atoms with Crippen molar-refractivity contribution in [1.82, 2.24) is 4.90 Å². The van der Waals surface area contributed by atoms with E-state index in [2.05, 4.69) is 6.92 Å². The summed E-state index contributed by atoms with van der Waals surface area (Å²) in [6.45, 7) is 2.07. The molecule has 1 saturated carbocycles. The van der Waals surface area contributed by atoms with Crippen molar-refractivity contribution in [2.75, 3.05) is 7.11 Å². The number of aliphatic hydroxyl groups excluding tert-OH is 1. The summed E-state index contributed by atoms with van der Waals surface area (Å²) in [5.41, 5.74) is 2.33. The smallest absolute Gasteiger partial charge is 0.295 e. The van der Waals surface area contributed by atoms with Gasteiger partial charge in [-0.05, 0) is 48.6 Å². The summed E-state index contributed by atoms with van der Waals surface area (Å²) in [5, 5.41) is 11.5. The SMILES string of the molecule is CCc1ccc(C2/C(=C(\O)c3cc(OC)ccc3Cl)C(=O)C(=O)N2C2CCCC2)cc1. The van der Waals surface area contributed by atoms with E-state index < -0.39 is 17.7 Å². The van der Waals surface area contributed by atoms with E-state index in [-0.39, 0.29) is 28.0 Å². The molecule has 1 saturated heterocycles. The van der Waals surface area contributed by atoms with E-state index in [0.29, 0.717) is 5.75 Å². The van der Waals surface area contributed by atoms with Gasteiger partial charge in [0.25, 0.3) is 11.7 Å². The predicted molar refractivity (Wildman–Crippen MR) is 120 cm³/mol. The number of aryl methyl sites for hydroxylation is 1. The molecule has 1 N–H and O–H groups in total. The Balaban J connectivity index is 1.90. The zero-order valence-corrected chi connectivity index (χ0v) is 18.5. The molecule has 0 spiro atoms. The third-order valence-electron chi connectivity index (χ3n) is 6.33. The molecule has 31 heavy (non-hydrogen) atoms. The molecule has 6 heteroatoms. The van der Waals surface area contributed by atoms with Crippen molar-refractivity contribution in [3.8, 4) is 5.75 Å². The lowest BCUT2D eigenvalue weighted by molar-refractivity contribution is -0.141. The Morgan fingerprint density at radius 1 is 1.13 bits per heavy atom. The molecule has 162 valence electrons.